The second-order valence-electron chi connectivity index (χ2n) is 5.73. The number of rotatable bonds is 5. The lowest BCUT2D eigenvalue weighted by Gasteiger charge is -2.44. The van der Waals surface area contributed by atoms with E-state index in [0.717, 1.165) is 38.4 Å². The molecule has 2 rings (SSSR count). The lowest BCUT2D eigenvalue weighted by atomic mass is 9.97. The van der Waals surface area contributed by atoms with Gasteiger partial charge in [-0.05, 0) is 50.5 Å². The van der Waals surface area contributed by atoms with Crippen molar-refractivity contribution in [2.24, 2.45) is 0 Å². The predicted molar refractivity (Wildman–Crippen MR) is 73.1 cm³/mol. The summed E-state index contributed by atoms with van der Waals surface area (Å²) in [5, 5.41) is 9.61. The number of benzene rings is 1. The number of ether oxygens (including phenoxy) is 1. The summed E-state index contributed by atoms with van der Waals surface area (Å²) in [6.45, 7) is 9.37. The molecule has 3 heteroatoms. The molecule has 1 aliphatic heterocycles. The van der Waals surface area contributed by atoms with Gasteiger partial charge < -0.3 is 9.84 Å². The number of likely N-dealkylation sites (tertiary alicyclic amines) is 1. The van der Waals surface area contributed by atoms with E-state index in [1.165, 1.54) is 11.1 Å². The maximum Gasteiger partial charge on any atom is 0.119 e. The molecule has 1 aromatic rings. The second-order valence-corrected chi connectivity index (χ2v) is 5.73. The average Bonchev–Trinajstić information content (AvgIpc) is 2.20. The standard InChI is InChI=1S/C15H23NO2/c1-12-7-13(2)9-14(8-12)18-6-4-5-16-10-15(3,17)11-16/h7-9,17H,4-6,10-11H2,1-3H3. The number of hydrogen-bond donors (Lipinski definition) is 1. The first-order valence-electron chi connectivity index (χ1n) is 6.60. The Bertz CT molecular complexity index is 387. The molecule has 0 saturated carbocycles. The molecule has 1 fully saturated rings. The number of hydrogen-bond acceptors (Lipinski definition) is 3. The Hall–Kier alpha value is -1.06. The zero-order valence-electron chi connectivity index (χ0n) is 11.6. The Balaban J connectivity index is 1.66. The normalized spacial score (nSPS) is 18.4. The maximum atomic E-state index is 9.61. The fourth-order valence-electron chi connectivity index (χ4n) is 2.57. The van der Waals surface area contributed by atoms with Gasteiger partial charge in [-0.3, -0.25) is 4.90 Å². The van der Waals surface area contributed by atoms with Gasteiger partial charge in [0.25, 0.3) is 0 Å². The number of β-amino-alcohol motifs (C(OH)–C–C–N with tert-alkyl or cyclic N) is 1. The molecular weight excluding hydrogens is 226 g/mol. The molecule has 1 N–H and O–H groups in total. The molecule has 1 aromatic carbocycles. The maximum absolute atomic E-state index is 9.61. The van der Waals surface area contributed by atoms with Crippen LogP contribution in [0.5, 0.6) is 5.75 Å². The molecule has 0 aromatic heterocycles. The molecule has 0 radical (unpaired) electrons. The first kappa shape index (κ1) is 13.4. The van der Waals surface area contributed by atoms with Crippen LogP contribution >= 0.6 is 0 Å². The van der Waals surface area contributed by atoms with Crippen molar-refractivity contribution in [3.63, 3.8) is 0 Å². The highest BCUT2D eigenvalue weighted by Gasteiger charge is 2.35. The molecule has 0 unspecified atom stereocenters. The van der Waals surface area contributed by atoms with E-state index in [4.69, 9.17) is 4.74 Å². The van der Waals surface area contributed by atoms with Gasteiger partial charge in [-0.15, -0.1) is 0 Å². The van der Waals surface area contributed by atoms with E-state index < -0.39 is 5.60 Å². The quantitative estimate of drug-likeness (QED) is 0.812. The lowest BCUT2D eigenvalue weighted by molar-refractivity contribution is -0.0840. The van der Waals surface area contributed by atoms with Gasteiger partial charge in [-0.2, -0.15) is 0 Å². The molecule has 100 valence electrons. The molecule has 0 bridgehead atoms. The van der Waals surface area contributed by atoms with Crippen molar-refractivity contribution in [2.75, 3.05) is 26.2 Å². The van der Waals surface area contributed by atoms with E-state index in [1.54, 1.807) is 0 Å². The summed E-state index contributed by atoms with van der Waals surface area (Å²) >= 11 is 0. The summed E-state index contributed by atoms with van der Waals surface area (Å²) in [6, 6.07) is 6.29. The van der Waals surface area contributed by atoms with Crippen molar-refractivity contribution in [2.45, 2.75) is 32.8 Å². The molecule has 0 aliphatic carbocycles. The number of nitrogens with zero attached hydrogens (tertiary/aromatic N) is 1. The van der Waals surface area contributed by atoms with Gasteiger partial charge in [-0.1, -0.05) is 6.07 Å². The van der Waals surface area contributed by atoms with Gasteiger partial charge in [0.2, 0.25) is 0 Å². The summed E-state index contributed by atoms with van der Waals surface area (Å²) < 4.78 is 5.75. The topological polar surface area (TPSA) is 32.7 Å². The van der Waals surface area contributed by atoms with Gasteiger partial charge in [0.05, 0.1) is 12.2 Å². The van der Waals surface area contributed by atoms with Crippen molar-refractivity contribution < 1.29 is 9.84 Å². The molecule has 0 atom stereocenters. The minimum atomic E-state index is -0.464. The van der Waals surface area contributed by atoms with Crippen LogP contribution in [0.3, 0.4) is 0 Å². The van der Waals surface area contributed by atoms with Crippen LogP contribution in [-0.4, -0.2) is 41.8 Å². The monoisotopic (exact) mass is 249 g/mol. The Labute approximate surface area is 109 Å². The fraction of sp³-hybridized carbons (Fsp3) is 0.600. The van der Waals surface area contributed by atoms with Gasteiger partial charge >= 0.3 is 0 Å². The summed E-state index contributed by atoms with van der Waals surface area (Å²) in [5.41, 5.74) is 2.02. The Kier molecular flexibility index (Phi) is 3.93. The van der Waals surface area contributed by atoms with Crippen LogP contribution in [0.2, 0.25) is 0 Å². The van der Waals surface area contributed by atoms with Crippen LogP contribution in [0.1, 0.15) is 24.5 Å². The van der Waals surface area contributed by atoms with Crippen molar-refractivity contribution in [1.29, 1.82) is 0 Å². The van der Waals surface area contributed by atoms with Crippen molar-refractivity contribution in [3.05, 3.63) is 29.3 Å². The largest absolute Gasteiger partial charge is 0.494 e. The molecule has 0 amide bonds. The van der Waals surface area contributed by atoms with E-state index in [9.17, 15) is 5.11 Å². The van der Waals surface area contributed by atoms with E-state index in [-0.39, 0.29) is 0 Å². The molecule has 3 nitrogen and oxygen atoms in total. The summed E-state index contributed by atoms with van der Waals surface area (Å²) in [5.74, 6) is 0.961. The van der Waals surface area contributed by atoms with Crippen LogP contribution in [0.15, 0.2) is 18.2 Å². The Morgan fingerprint density at radius 3 is 2.39 bits per heavy atom. The van der Waals surface area contributed by atoms with Gasteiger partial charge in [0.15, 0.2) is 0 Å². The van der Waals surface area contributed by atoms with Crippen LogP contribution in [0, 0.1) is 13.8 Å². The van der Waals surface area contributed by atoms with Crippen LogP contribution in [0.4, 0.5) is 0 Å². The first-order chi connectivity index (χ1) is 8.44. The Morgan fingerprint density at radius 1 is 1.22 bits per heavy atom. The SMILES string of the molecule is Cc1cc(C)cc(OCCCN2CC(C)(O)C2)c1. The van der Waals surface area contributed by atoms with Crippen molar-refractivity contribution in [3.8, 4) is 5.75 Å². The van der Waals surface area contributed by atoms with Crippen LogP contribution < -0.4 is 4.74 Å². The average molecular weight is 249 g/mol. The highest BCUT2D eigenvalue weighted by atomic mass is 16.5. The van der Waals surface area contributed by atoms with E-state index in [0.29, 0.717) is 0 Å². The predicted octanol–water partition coefficient (Wildman–Crippen LogP) is 2.14. The van der Waals surface area contributed by atoms with Gasteiger partial charge in [0, 0.05) is 19.6 Å². The van der Waals surface area contributed by atoms with E-state index in [2.05, 4.69) is 36.9 Å². The highest BCUT2D eigenvalue weighted by molar-refractivity contribution is 5.32. The summed E-state index contributed by atoms with van der Waals surface area (Å²) in [4.78, 5) is 2.25. The van der Waals surface area contributed by atoms with Crippen molar-refractivity contribution >= 4 is 0 Å². The molecule has 1 saturated heterocycles. The Morgan fingerprint density at radius 2 is 1.83 bits per heavy atom. The summed E-state index contributed by atoms with van der Waals surface area (Å²) in [7, 11) is 0. The van der Waals surface area contributed by atoms with Crippen LogP contribution in [-0.2, 0) is 0 Å². The minimum absolute atomic E-state index is 0.464. The third-order valence-electron chi connectivity index (χ3n) is 3.21. The molecule has 0 spiro atoms. The highest BCUT2D eigenvalue weighted by Crippen LogP contribution is 2.20. The lowest BCUT2D eigenvalue weighted by Crippen LogP contribution is -2.59. The smallest absolute Gasteiger partial charge is 0.119 e. The van der Waals surface area contributed by atoms with Gasteiger partial charge in [0.1, 0.15) is 5.75 Å². The van der Waals surface area contributed by atoms with E-state index >= 15 is 0 Å². The minimum Gasteiger partial charge on any atom is -0.494 e. The zero-order valence-corrected chi connectivity index (χ0v) is 11.6. The fourth-order valence-corrected chi connectivity index (χ4v) is 2.57. The van der Waals surface area contributed by atoms with E-state index in [1.807, 2.05) is 6.92 Å². The molecular formula is C15H23NO2. The summed E-state index contributed by atoms with van der Waals surface area (Å²) in [6.07, 6.45) is 1.00. The zero-order chi connectivity index (χ0) is 13.2. The van der Waals surface area contributed by atoms with Gasteiger partial charge in [-0.25, -0.2) is 0 Å². The third kappa shape index (κ3) is 3.72. The van der Waals surface area contributed by atoms with Crippen molar-refractivity contribution in [1.82, 2.24) is 4.90 Å². The molecule has 1 aliphatic rings. The second kappa shape index (κ2) is 5.29. The first-order valence-corrected chi connectivity index (χ1v) is 6.60. The third-order valence-corrected chi connectivity index (χ3v) is 3.21. The number of aryl methyl sites for hydroxylation is 2. The molecule has 18 heavy (non-hydrogen) atoms. The number of aliphatic hydroxyl groups is 1. The molecule has 1 heterocycles. The van der Waals surface area contributed by atoms with Crippen LogP contribution in [0.25, 0.3) is 0 Å².